The van der Waals surface area contributed by atoms with Gasteiger partial charge in [0.15, 0.2) is 0 Å². The highest BCUT2D eigenvalue weighted by Crippen LogP contribution is 2.32. The van der Waals surface area contributed by atoms with Crippen LogP contribution < -0.4 is 15.5 Å². The summed E-state index contributed by atoms with van der Waals surface area (Å²) in [6.45, 7) is 0. The van der Waals surface area contributed by atoms with E-state index in [9.17, 15) is 10.1 Å². The van der Waals surface area contributed by atoms with E-state index in [1.165, 1.54) is 0 Å². The summed E-state index contributed by atoms with van der Waals surface area (Å²) in [7, 11) is 3.94. The van der Waals surface area contributed by atoms with E-state index in [0.717, 1.165) is 16.9 Å². The molecule has 4 aromatic rings. The van der Waals surface area contributed by atoms with E-state index in [2.05, 4.69) is 20.6 Å². The molecule has 170 valence electrons. The van der Waals surface area contributed by atoms with Gasteiger partial charge in [0.05, 0.1) is 4.92 Å². The number of anilines is 5. The Bertz CT molecular complexity index is 1290. The lowest BCUT2D eigenvalue weighted by atomic mass is 10.1. The minimum atomic E-state index is -0.466. The van der Waals surface area contributed by atoms with Crippen molar-refractivity contribution in [3.8, 4) is 0 Å². The first-order valence-electron chi connectivity index (χ1n) is 10.7. The zero-order valence-corrected chi connectivity index (χ0v) is 18.8. The molecule has 8 nitrogen and oxygen atoms in total. The molecule has 0 aliphatic rings. The highest BCUT2D eigenvalue weighted by Gasteiger charge is 2.24. The maximum Gasteiger partial charge on any atom is 0.337 e. The third-order valence-corrected chi connectivity index (χ3v) is 5.00. The van der Waals surface area contributed by atoms with E-state index in [-0.39, 0.29) is 23.1 Å². The van der Waals surface area contributed by atoms with Crippen LogP contribution in [0.15, 0.2) is 84.9 Å². The molecular formula is C26H24N6O2. The first kappa shape index (κ1) is 22.5. The van der Waals surface area contributed by atoms with Crippen molar-refractivity contribution in [2.24, 2.45) is 0 Å². The van der Waals surface area contributed by atoms with Crippen molar-refractivity contribution in [1.82, 2.24) is 9.97 Å². The molecule has 0 amide bonds. The molecule has 0 unspecified atom stereocenters. The van der Waals surface area contributed by atoms with E-state index in [0.29, 0.717) is 5.69 Å². The normalized spacial score (nSPS) is 10.8. The predicted molar refractivity (Wildman–Crippen MR) is 138 cm³/mol. The quantitative estimate of drug-likeness (QED) is 0.246. The van der Waals surface area contributed by atoms with Crippen LogP contribution >= 0.6 is 0 Å². The maximum atomic E-state index is 12.1. The molecule has 0 fully saturated rings. The third-order valence-electron chi connectivity index (χ3n) is 5.00. The summed E-state index contributed by atoms with van der Waals surface area (Å²) in [5.41, 5.74) is 3.40. The van der Waals surface area contributed by atoms with Crippen LogP contribution in [0.25, 0.3) is 12.2 Å². The van der Waals surface area contributed by atoms with Gasteiger partial charge < -0.3 is 15.5 Å². The van der Waals surface area contributed by atoms with Gasteiger partial charge in [-0.1, -0.05) is 54.6 Å². The smallest absolute Gasteiger partial charge is 0.337 e. The Labute approximate surface area is 197 Å². The second-order valence-corrected chi connectivity index (χ2v) is 7.69. The van der Waals surface area contributed by atoms with Crippen LogP contribution in [0.1, 0.15) is 11.3 Å². The minimum absolute atomic E-state index is 0.104. The molecule has 8 heteroatoms. The summed E-state index contributed by atoms with van der Waals surface area (Å²) in [6.07, 6.45) is 3.43. The van der Waals surface area contributed by atoms with E-state index < -0.39 is 4.92 Å². The summed E-state index contributed by atoms with van der Waals surface area (Å²) in [5, 5.41) is 18.3. The molecule has 0 saturated carbocycles. The van der Waals surface area contributed by atoms with Crippen LogP contribution in [0.4, 0.5) is 34.5 Å². The molecule has 0 bridgehead atoms. The summed E-state index contributed by atoms with van der Waals surface area (Å²) in [5.74, 6) is 0.352. The summed E-state index contributed by atoms with van der Waals surface area (Å²) < 4.78 is 0. The van der Waals surface area contributed by atoms with Crippen molar-refractivity contribution in [3.05, 3.63) is 106 Å². The lowest BCUT2D eigenvalue weighted by Gasteiger charge is -2.12. The molecule has 0 radical (unpaired) electrons. The standard InChI is InChI=1S/C26H24N6O2/c1-31(2)22-16-13-19(14-17-22)15-18-23-24(32(33)34)25(27-20-9-5-3-6-10-20)30-26(29-23)28-21-11-7-4-8-12-21/h3-18H,1-2H3,(H2,27,28,29,30)/b18-15+. The molecular weight excluding hydrogens is 428 g/mol. The second kappa shape index (κ2) is 10.3. The Morgan fingerprint density at radius 3 is 1.94 bits per heavy atom. The number of hydrogen-bond acceptors (Lipinski definition) is 7. The number of nitrogens with zero attached hydrogens (tertiary/aromatic N) is 4. The fourth-order valence-corrected chi connectivity index (χ4v) is 3.28. The second-order valence-electron chi connectivity index (χ2n) is 7.69. The number of nitro groups is 1. The molecule has 1 aromatic heterocycles. The average Bonchev–Trinajstić information content (AvgIpc) is 2.84. The predicted octanol–water partition coefficient (Wildman–Crippen LogP) is 6.11. The minimum Gasteiger partial charge on any atom is -0.378 e. The van der Waals surface area contributed by atoms with E-state index >= 15 is 0 Å². The van der Waals surface area contributed by atoms with Crippen LogP contribution in [0.5, 0.6) is 0 Å². The van der Waals surface area contributed by atoms with Gasteiger partial charge in [0.1, 0.15) is 5.69 Å². The molecule has 4 rings (SSSR count). The molecule has 0 saturated heterocycles. The van der Waals surface area contributed by atoms with Crippen LogP contribution in [0.2, 0.25) is 0 Å². The summed E-state index contributed by atoms with van der Waals surface area (Å²) in [6, 6.07) is 26.5. The molecule has 0 aliphatic carbocycles. The van der Waals surface area contributed by atoms with Gasteiger partial charge in [-0.15, -0.1) is 0 Å². The van der Waals surface area contributed by atoms with E-state index in [1.54, 1.807) is 12.2 Å². The molecule has 34 heavy (non-hydrogen) atoms. The third kappa shape index (κ3) is 5.55. The Morgan fingerprint density at radius 1 is 0.794 bits per heavy atom. The van der Waals surface area contributed by atoms with Crippen molar-refractivity contribution in [2.75, 3.05) is 29.6 Å². The molecule has 0 spiro atoms. The van der Waals surface area contributed by atoms with Gasteiger partial charge in [0.2, 0.25) is 11.8 Å². The Hall–Kier alpha value is -4.72. The van der Waals surface area contributed by atoms with Crippen LogP contribution in [-0.2, 0) is 0 Å². The van der Waals surface area contributed by atoms with E-state index in [4.69, 9.17) is 0 Å². The van der Waals surface area contributed by atoms with Gasteiger partial charge >= 0.3 is 5.69 Å². The highest BCUT2D eigenvalue weighted by molar-refractivity contribution is 5.79. The Kier molecular flexibility index (Phi) is 6.78. The SMILES string of the molecule is CN(C)c1ccc(/C=C/c2nc(Nc3ccccc3)nc(Nc3ccccc3)c2[N+](=O)[O-])cc1. The van der Waals surface area contributed by atoms with Gasteiger partial charge in [0, 0.05) is 31.2 Å². The first-order valence-corrected chi connectivity index (χ1v) is 10.7. The number of nitrogens with one attached hydrogen (secondary N) is 2. The van der Waals surface area contributed by atoms with Gasteiger partial charge in [-0.25, -0.2) is 4.98 Å². The van der Waals surface area contributed by atoms with Crippen molar-refractivity contribution in [3.63, 3.8) is 0 Å². The largest absolute Gasteiger partial charge is 0.378 e. The van der Waals surface area contributed by atoms with Crippen LogP contribution in [0.3, 0.4) is 0 Å². The summed E-state index contributed by atoms with van der Waals surface area (Å²) >= 11 is 0. The molecule has 0 atom stereocenters. The number of para-hydroxylation sites is 2. The van der Waals surface area contributed by atoms with Crippen molar-refractivity contribution in [2.45, 2.75) is 0 Å². The van der Waals surface area contributed by atoms with Gasteiger partial charge in [-0.3, -0.25) is 10.1 Å². The van der Waals surface area contributed by atoms with Crippen LogP contribution in [0, 0.1) is 10.1 Å². The van der Waals surface area contributed by atoms with E-state index in [1.807, 2.05) is 104 Å². The van der Waals surface area contributed by atoms with Gasteiger partial charge in [-0.05, 0) is 48.0 Å². The highest BCUT2D eigenvalue weighted by atomic mass is 16.6. The number of aromatic nitrogens is 2. The molecule has 3 aromatic carbocycles. The average molecular weight is 453 g/mol. The fourth-order valence-electron chi connectivity index (χ4n) is 3.28. The number of benzene rings is 3. The van der Waals surface area contributed by atoms with Crippen molar-refractivity contribution >= 4 is 46.7 Å². The van der Waals surface area contributed by atoms with Crippen molar-refractivity contribution in [1.29, 1.82) is 0 Å². The van der Waals surface area contributed by atoms with Gasteiger partial charge in [0.25, 0.3) is 0 Å². The molecule has 0 aliphatic heterocycles. The number of hydrogen-bond donors (Lipinski definition) is 2. The molecule has 1 heterocycles. The molecule has 2 N–H and O–H groups in total. The van der Waals surface area contributed by atoms with Crippen molar-refractivity contribution < 1.29 is 4.92 Å². The lowest BCUT2D eigenvalue weighted by molar-refractivity contribution is -0.384. The lowest BCUT2D eigenvalue weighted by Crippen LogP contribution is -2.08. The Morgan fingerprint density at radius 2 is 1.38 bits per heavy atom. The first-order chi connectivity index (χ1) is 16.5. The summed E-state index contributed by atoms with van der Waals surface area (Å²) in [4.78, 5) is 22.5. The monoisotopic (exact) mass is 452 g/mol. The zero-order chi connectivity index (χ0) is 23.9. The van der Waals surface area contributed by atoms with Crippen LogP contribution in [-0.4, -0.2) is 29.0 Å². The zero-order valence-electron chi connectivity index (χ0n) is 18.8. The fraction of sp³-hybridized carbons (Fsp3) is 0.0769. The number of rotatable bonds is 8. The van der Waals surface area contributed by atoms with Gasteiger partial charge in [-0.2, -0.15) is 4.98 Å². The topological polar surface area (TPSA) is 96.2 Å². The maximum absolute atomic E-state index is 12.1. The Balaban J connectivity index is 1.76.